The second-order valence-corrected chi connectivity index (χ2v) is 2.70. The van der Waals surface area contributed by atoms with Crippen molar-refractivity contribution in [2.45, 2.75) is 18.1 Å². The maximum Gasteiger partial charge on any atom is 0.351 e. The lowest BCUT2D eigenvalue weighted by molar-refractivity contribution is -0.212. The van der Waals surface area contributed by atoms with E-state index in [9.17, 15) is 14.4 Å². The quantitative estimate of drug-likeness (QED) is 0.324. The third kappa shape index (κ3) is 1.40. The zero-order chi connectivity index (χ0) is 11.7. The second-order valence-electron chi connectivity index (χ2n) is 2.70. The highest BCUT2D eigenvalue weighted by Crippen LogP contribution is 2.23. The van der Waals surface area contributed by atoms with Gasteiger partial charge in [-0.05, 0) is 6.92 Å². The molecular weight excluding hydrogens is 200 g/mol. The largest absolute Gasteiger partial charge is 0.479 e. The average molecular weight is 208 g/mol. The predicted molar refractivity (Wildman–Crippen MR) is 38.5 cm³/mol. The van der Waals surface area contributed by atoms with E-state index in [0.717, 1.165) is 0 Å². The van der Waals surface area contributed by atoms with Gasteiger partial charge in [0, 0.05) is 0 Å². The first-order valence-corrected chi connectivity index (χ1v) is 3.23. The van der Waals surface area contributed by atoms with E-state index in [1.807, 2.05) is 0 Å². The summed E-state index contributed by atoms with van der Waals surface area (Å²) in [4.78, 5) is 31.1. The number of carboxylic acids is 3. The first kappa shape index (κ1) is 12.3. The Kier molecular flexibility index (Phi) is 2.85. The zero-order valence-electron chi connectivity index (χ0n) is 6.96. The Balaban J connectivity index is 5.55. The molecule has 0 aliphatic rings. The van der Waals surface area contributed by atoms with Gasteiger partial charge in [0.2, 0.25) is 5.60 Å². The van der Waals surface area contributed by atoms with Crippen LogP contribution in [0.1, 0.15) is 6.92 Å². The van der Waals surface area contributed by atoms with Gasteiger partial charge in [0.25, 0.3) is 5.60 Å². The number of carbonyl (C=O) groups is 3. The van der Waals surface area contributed by atoms with E-state index < -0.39 is 29.1 Å². The van der Waals surface area contributed by atoms with Crippen LogP contribution < -0.4 is 0 Å². The van der Waals surface area contributed by atoms with E-state index >= 15 is 0 Å². The molecule has 0 rings (SSSR count). The Hall–Kier alpha value is -1.67. The number of aliphatic carboxylic acids is 3. The van der Waals surface area contributed by atoms with Gasteiger partial charge in [-0.25, -0.2) is 14.4 Å². The van der Waals surface area contributed by atoms with Crippen molar-refractivity contribution in [3.8, 4) is 0 Å². The lowest BCUT2D eigenvalue weighted by Gasteiger charge is -2.29. The molecule has 0 fully saturated rings. The fourth-order valence-electron chi connectivity index (χ4n) is 0.663. The van der Waals surface area contributed by atoms with Crippen LogP contribution in [0, 0.1) is 0 Å². The molecule has 8 nitrogen and oxygen atoms in total. The summed E-state index contributed by atoms with van der Waals surface area (Å²) in [6, 6.07) is 0. The molecule has 0 spiro atoms. The van der Waals surface area contributed by atoms with Crippen molar-refractivity contribution in [1.82, 2.24) is 0 Å². The van der Waals surface area contributed by atoms with Crippen LogP contribution in [0.5, 0.6) is 0 Å². The second kappa shape index (κ2) is 3.24. The fourth-order valence-corrected chi connectivity index (χ4v) is 0.663. The molecule has 14 heavy (non-hydrogen) atoms. The molecule has 0 heterocycles. The number of hydrogen-bond acceptors (Lipinski definition) is 5. The normalized spacial score (nSPS) is 15.6. The molecule has 0 aromatic heterocycles. The van der Waals surface area contributed by atoms with E-state index in [1.165, 1.54) is 0 Å². The Morgan fingerprint density at radius 2 is 1.14 bits per heavy atom. The van der Waals surface area contributed by atoms with Gasteiger partial charge in [-0.1, -0.05) is 0 Å². The van der Waals surface area contributed by atoms with Crippen LogP contribution in [0.4, 0.5) is 0 Å². The van der Waals surface area contributed by atoms with Crippen molar-refractivity contribution in [2.75, 3.05) is 0 Å². The summed E-state index contributed by atoms with van der Waals surface area (Å²) in [6.07, 6.45) is 0. The summed E-state index contributed by atoms with van der Waals surface area (Å²) in [5.74, 6) is -6.89. The third-order valence-corrected chi connectivity index (χ3v) is 1.74. The molecule has 0 aliphatic heterocycles. The molecule has 80 valence electrons. The van der Waals surface area contributed by atoms with Gasteiger partial charge in [-0.15, -0.1) is 0 Å². The number of carboxylic acid groups (broad SMARTS) is 3. The van der Waals surface area contributed by atoms with E-state index in [2.05, 4.69) is 0 Å². The Labute approximate surface area is 77.0 Å². The van der Waals surface area contributed by atoms with Gasteiger partial charge >= 0.3 is 17.9 Å². The number of aliphatic hydroxyl groups is 2. The summed E-state index contributed by atoms with van der Waals surface area (Å²) in [6.45, 7) is 0.373. The van der Waals surface area contributed by atoms with Gasteiger partial charge in [0.15, 0.2) is 0 Å². The lowest BCUT2D eigenvalue weighted by atomic mass is 9.84. The molecule has 0 saturated heterocycles. The molecule has 0 aromatic carbocycles. The molecule has 0 saturated carbocycles. The van der Waals surface area contributed by atoms with Crippen LogP contribution >= 0.6 is 0 Å². The van der Waals surface area contributed by atoms with Crippen molar-refractivity contribution in [1.29, 1.82) is 0 Å². The zero-order valence-corrected chi connectivity index (χ0v) is 6.96. The molecule has 1 unspecified atom stereocenters. The van der Waals surface area contributed by atoms with Crippen molar-refractivity contribution < 1.29 is 39.9 Å². The maximum atomic E-state index is 10.4. The number of hydrogen-bond donors (Lipinski definition) is 5. The Morgan fingerprint density at radius 3 is 1.21 bits per heavy atom. The van der Waals surface area contributed by atoms with E-state index in [1.54, 1.807) is 0 Å². The van der Waals surface area contributed by atoms with Gasteiger partial charge in [-0.3, -0.25) is 0 Å². The fraction of sp³-hybridized carbons (Fsp3) is 0.500. The smallest absolute Gasteiger partial charge is 0.351 e. The highest BCUT2D eigenvalue weighted by Gasteiger charge is 2.63. The molecule has 0 aromatic rings. The van der Waals surface area contributed by atoms with E-state index in [-0.39, 0.29) is 0 Å². The monoisotopic (exact) mass is 208 g/mol. The van der Waals surface area contributed by atoms with Crippen LogP contribution in [0.3, 0.4) is 0 Å². The van der Waals surface area contributed by atoms with Gasteiger partial charge in [0.1, 0.15) is 0 Å². The van der Waals surface area contributed by atoms with Crippen LogP contribution in [-0.4, -0.2) is 54.6 Å². The highest BCUT2D eigenvalue weighted by atomic mass is 16.5. The van der Waals surface area contributed by atoms with Crippen LogP contribution in [0.25, 0.3) is 0 Å². The van der Waals surface area contributed by atoms with Crippen molar-refractivity contribution in [3.63, 3.8) is 0 Å². The first-order valence-electron chi connectivity index (χ1n) is 3.23. The molecule has 0 aliphatic carbocycles. The Morgan fingerprint density at radius 1 is 0.857 bits per heavy atom. The Bertz CT molecular complexity index is 276. The minimum Gasteiger partial charge on any atom is -0.479 e. The van der Waals surface area contributed by atoms with E-state index in [0.29, 0.717) is 6.92 Å². The molecule has 8 heteroatoms. The maximum absolute atomic E-state index is 10.4. The standard InChI is InChI=1S/C6H8O8/c1-5(13,2(7)8)6(14,3(9)10)4(11)12/h13-14H,1H3,(H,7,8)(H,9,10)(H,11,12). The van der Waals surface area contributed by atoms with Gasteiger partial charge < -0.3 is 25.5 Å². The topological polar surface area (TPSA) is 152 Å². The molecule has 0 bridgehead atoms. The van der Waals surface area contributed by atoms with Crippen molar-refractivity contribution in [3.05, 3.63) is 0 Å². The average Bonchev–Trinajstić information content (AvgIpc) is 2.01. The van der Waals surface area contributed by atoms with E-state index in [4.69, 9.17) is 25.5 Å². The molecule has 1 atom stereocenters. The minimum atomic E-state index is -3.79. The van der Waals surface area contributed by atoms with Crippen molar-refractivity contribution in [2.24, 2.45) is 0 Å². The third-order valence-electron chi connectivity index (χ3n) is 1.74. The summed E-state index contributed by atoms with van der Waals surface area (Å²) in [5, 5.41) is 43.1. The summed E-state index contributed by atoms with van der Waals surface area (Å²) < 4.78 is 0. The molecule has 0 radical (unpaired) electrons. The van der Waals surface area contributed by atoms with Gasteiger partial charge in [-0.2, -0.15) is 0 Å². The van der Waals surface area contributed by atoms with Crippen LogP contribution in [0.15, 0.2) is 0 Å². The van der Waals surface area contributed by atoms with Gasteiger partial charge in [0.05, 0.1) is 0 Å². The van der Waals surface area contributed by atoms with Crippen LogP contribution in [-0.2, 0) is 14.4 Å². The van der Waals surface area contributed by atoms with Crippen molar-refractivity contribution >= 4 is 17.9 Å². The van der Waals surface area contributed by atoms with Crippen LogP contribution in [0.2, 0.25) is 0 Å². The number of rotatable bonds is 4. The SMILES string of the molecule is CC(O)(C(=O)O)C(O)(C(=O)O)C(=O)O. The molecule has 5 N–H and O–H groups in total. The minimum absolute atomic E-state index is 0.373. The summed E-state index contributed by atoms with van der Waals surface area (Å²) >= 11 is 0. The first-order chi connectivity index (χ1) is 6.08. The summed E-state index contributed by atoms with van der Waals surface area (Å²) in [5.41, 5.74) is -7.12. The molecular formula is C6H8O8. The predicted octanol–water partition coefficient (Wildman–Crippen LogP) is -2.28. The summed E-state index contributed by atoms with van der Waals surface area (Å²) in [7, 11) is 0. The highest BCUT2D eigenvalue weighted by molar-refractivity contribution is 6.08. The lowest BCUT2D eigenvalue weighted by Crippen LogP contribution is -2.66. The molecule has 0 amide bonds.